The smallest absolute Gasteiger partial charge is 0.139 e. The number of benzene rings is 1. The number of aliphatic hydroxyl groups excluding tert-OH is 1. The Morgan fingerprint density at radius 1 is 1.27 bits per heavy atom. The number of nitrogens with zero attached hydrogens (tertiary/aromatic N) is 5. The number of rotatable bonds is 4. The standard InChI is InChI=1S/C18H20FN5O2/c1-11(25)15-4-3-12(19)7-16(15)18-17(21-23(2)22-18)9-13-8-14-5-6-26-10-24(14)20-13/h3-4,7-8,11,25H,5-6,9-10H2,1-2H3/t11-/m1/s1. The third-order valence-electron chi connectivity index (χ3n) is 4.48. The van der Waals surface area contributed by atoms with E-state index in [1.54, 1.807) is 20.0 Å². The molecule has 0 spiro atoms. The van der Waals surface area contributed by atoms with Crippen molar-refractivity contribution >= 4 is 0 Å². The number of aromatic nitrogens is 5. The highest BCUT2D eigenvalue weighted by Crippen LogP contribution is 2.30. The van der Waals surface area contributed by atoms with Gasteiger partial charge in [-0.05, 0) is 30.7 Å². The molecule has 0 bridgehead atoms. The Morgan fingerprint density at radius 2 is 2.12 bits per heavy atom. The molecule has 0 fully saturated rings. The van der Waals surface area contributed by atoms with Crippen molar-refractivity contribution < 1.29 is 14.2 Å². The monoisotopic (exact) mass is 357 g/mol. The molecule has 0 amide bonds. The minimum absolute atomic E-state index is 0.379. The SMILES string of the molecule is C[C@@H](O)c1ccc(F)cc1-c1nn(C)nc1Cc1cc2n(n1)COCC2. The summed E-state index contributed by atoms with van der Waals surface area (Å²) in [7, 11) is 1.72. The van der Waals surface area contributed by atoms with Gasteiger partial charge in [0.15, 0.2) is 0 Å². The fourth-order valence-electron chi connectivity index (χ4n) is 3.29. The highest BCUT2D eigenvalue weighted by Gasteiger charge is 2.20. The molecule has 1 N–H and O–H groups in total. The predicted molar refractivity (Wildman–Crippen MR) is 91.7 cm³/mol. The van der Waals surface area contributed by atoms with E-state index in [4.69, 9.17) is 4.74 Å². The van der Waals surface area contributed by atoms with Crippen LogP contribution >= 0.6 is 0 Å². The molecule has 8 heteroatoms. The molecule has 0 saturated carbocycles. The lowest BCUT2D eigenvalue weighted by Crippen LogP contribution is -2.16. The average molecular weight is 357 g/mol. The van der Waals surface area contributed by atoms with Gasteiger partial charge in [0.1, 0.15) is 18.2 Å². The molecule has 0 unspecified atom stereocenters. The number of aryl methyl sites for hydroxylation is 1. The molecule has 1 aromatic carbocycles. The van der Waals surface area contributed by atoms with Gasteiger partial charge in [0.2, 0.25) is 0 Å². The second-order valence-electron chi connectivity index (χ2n) is 6.48. The van der Waals surface area contributed by atoms with E-state index in [1.807, 2.05) is 10.7 Å². The molecule has 3 aromatic rings. The van der Waals surface area contributed by atoms with Gasteiger partial charge >= 0.3 is 0 Å². The van der Waals surface area contributed by atoms with Crippen LogP contribution in [0.25, 0.3) is 11.3 Å². The largest absolute Gasteiger partial charge is 0.389 e. The van der Waals surface area contributed by atoms with Crippen LogP contribution in [0.4, 0.5) is 4.39 Å². The van der Waals surface area contributed by atoms with E-state index in [2.05, 4.69) is 15.3 Å². The summed E-state index contributed by atoms with van der Waals surface area (Å²) in [6.07, 6.45) is 0.563. The van der Waals surface area contributed by atoms with Gasteiger partial charge in [-0.1, -0.05) is 6.07 Å². The van der Waals surface area contributed by atoms with Crippen LogP contribution in [0.15, 0.2) is 24.3 Å². The third kappa shape index (κ3) is 3.13. The lowest BCUT2D eigenvalue weighted by molar-refractivity contribution is 0.0477. The highest BCUT2D eigenvalue weighted by molar-refractivity contribution is 5.66. The molecule has 1 atom stereocenters. The first-order valence-electron chi connectivity index (χ1n) is 8.52. The number of ether oxygens (including phenoxy) is 1. The molecule has 7 nitrogen and oxygen atoms in total. The van der Waals surface area contributed by atoms with Gasteiger partial charge in [0.05, 0.1) is 24.1 Å². The Morgan fingerprint density at radius 3 is 2.88 bits per heavy atom. The van der Waals surface area contributed by atoms with Gasteiger partial charge < -0.3 is 9.84 Å². The van der Waals surface area contributed by atoms with Crippen LogP contribution in [0.5, 0.6) is 0 Å². The second-order valence-corrected chi connectivity index (χ2v) is 6.48. The fourth-order valence-corrected chi connectivity index (χ4v) is 3.29. The fraction of sp³-hybridized carbons (Fsp3) is 0.389. The van der Waals surface area contributed by atoms with E-state index in [1.165, 1.54) is 16.9 Å². The molecular weight excluding hydrogens is 337 g/mol. The molecule has 4 rings (SSSR count). The predicted octanol–water partition coefficient (Wildman–Crippen LogP) is 1.99. The van der Waals surface area contributed by atoms with Crippen molar-refractivity contribution in [2.45, 2.75) is 32.6 Å². The van der Waals surface area contributed by atoms with Crippen LogP contribution in [0.3, 0.4) is 0 Å². The Hall–Kier alpha value is -2.58. The van der Waals surface area contributed by atoms with Crippen molar-refractivity contribution in [2.75, 3.05) is 6.61 Å². The molecule has 0 radical (unpaired) electrons. The lowest BCUT2D eigenvalue weighted by atomic mass is 9.98. The van der Waals surface area contributed by atoms with E-state index in [0.717, 1.165) is 17.8 Å². The van der Waals surface area contributed by atoms with E-state index < -0.39 is 6.10 Å². The molecule has 1 aliphatic rings. The quantitative estimate of drug-likeness (QED) is 0.773. The van der Waals surface area contributed by atoms with Crippen LogP contribution in [0.2, 0.25) is 0 Å². The van der Waals surface area contributed by atoms with Gasteiger partial charge in [-0.15, -0.1) is 0 Å². The molecule has 136 valence electrons. The minimum atomic E-state index is -0.738. The summed E-state index contributed by atoms with van der Waals surface area (Å²) in [6.45, 7) is 2.80. The number of halogens is 1. The van der Waals surface area contributed by atoms with Crippen LogP contribution in [0, 0.1) is 5.82 Å². The Kier molecular flexibility index (Phi) is 4.29. The van der Waals surface area contributed by atoms with Gasteiger partial charge in [0.25, 0.3) is 0 Å². The third-order valence-corrected chi connectivity index (χ3v) is 4.48. The van der Waals surface area contributed by atoms with E-state index in [0.29, 0.717) is 42.3 Å². The summed E-state index contributed by atoms with van der Waals surface area (Å²) in [4.78, 5) is 1.46. The molecule has 0 aliphatic carbocycles. The summed E-state index contributed by atoms with van der Waals surface area (Å²) in [5, 5.41) is 23.5. The highest BCUT2D eigenvalue weighted by atomic mass is 19.1. The van der Waals surface area contributed by atoms with Crippen molar-refractivity contribution in [3.8, 4) is 11.3 Å². The summed E-state index contributed by atoms with van der Waals surface area (Å²) >= 11 is 0. The van der Waals surface area contributed by atoms with Gasteiger partial charge in [-0.3, -0.25) is 0 Å². The number of fused-ring (bicyclic) bond motifs is 1. The summed E-state index contributed by atoms with van der Waals surface area (Å²) in [5.41, 5.74) is 4.41. The Balaban J connectivity index is 1.74. The summed E-state index contributed by atoms with van der Waals surface area (Å²) < 4.78 is 21.1. The van der Waals surface area contributed by atoms with Crippen LogP contribution < -0.4 is 0 Å². The van der Waals surface area contributed by atoms with Crippen LogP contribution in [0.1, 0.15) is 35.7 Å². The zero-order valence-corrected chi connectivity index (χ0v) is 14.7. The zero-order valence-electron chi connectivity index (χ0n) is 14.7. The van der Waals surface area contributed by atoms with E-state index in [-0.39, 0.29) is 5.82 Å². The molecule has 3 heterocycles. The van der Waals surface area contributed by atoms with Crippen molar-refractivity contribution in [3.05, 3.63) is 52.7 Å². The Labute approximate surface area is 150 Å². The first kappa shape index (κ1) is 16.9. The number of hydrogen-bond acceptors (Lipinski definition) is 5. The first-order chi connectivity index (χ1) is 12.5. The molecule has 26 heavy (non-hydrogen) atoms. The number of aliphatic hydroxyl groups is 1. The van der Waals surface area contributed by atoms with E-state index in [9.17, 15) is 9.50 Å². The molecule has 2 aromatic heterocycles. The zero-order chi connectivity index (χ0) is 18.3. The summed E-state index contributed by atoms with van der Waals surface area (Å²) in [5.74, 6) is -0.379. The van der Waals surface area contributed by atoms with Crippen molar-refractivity contribution in [3.63, 3.8) is 0 Å². The summed E-state index contributed by atoms with van der Waals surface area (Å²) in [6, 6.07) is 6.36. The maximum absolute atomic E-state index is 13.9. The molecule has 0 saturated heterocycles. The molecular formula is C18H20FN5O2. The maximum atomic E-state index is 13.9. The average Bonchev–Trinajstić information content (AvgIpc) is 3.17. The Bertz CT molecular complexity index is 924. The number of hydrogen-bond donors (Lipinski definition) is 1. The minimum Gasteiger partial charge on any atom is -0.389 e. The molecule has 1 aliphatic heterocycles. The topological polar surface area (TPSA) is 78.0 Å². The van der Waals surface area contributed by atoms with Crippen molar-refractivity contribution in [1.82, 2.24) is 24.8 Å². The van der Waals surface area contributed by atoms with Crippen molar-refractivity contribution in [2.24, 2.45) is 7.05 Å². The maximum Gasteiger partial charge on any atom is 0.139 e. The van der Waals surface area contributed by atoms with Gasteiger partial charge in [-0.2, -0.15) is 20.1 Å². The normalized spacial score (nSPS) is 15.1. The van der Waals surface area contributed by atoms with Crippen molar-refractivity contribution in [1.29, 1.82) is 0 Å². The van der Waals surface area contributed by atoms with Crippen LogP contribution in [-0.2, 0) is 31.4 Å². The van der Waals surface area contributed by atoms with Gasteiger partial charge in [-0.25, -0.2) is 9.07 Å². The van der Waals surface area contributed by atoms with Crippen LogP contribution in [-0.4, -0.2) is 36.5 Å². The lowest BCUT2D eigenvalue weighted by Gasteiger charge is -2.12. The second kappa shape index (κ2) is 6.62. The first-order valence-corrected chi connectivity index (χ1v) is 8.52. The van der Waals surface area contributed by atoms with Gasteiger partial charge in [0, 0.05) is 31.1 Å². The van der Waals surface area contributed by atoms with E-state index >= 15 is 0 Å².